The molecule has 0 aromatic rings. The molecule has 3 rings (SSSR count). The molecule has 0 aliphatic heterocycles. The van der Waals surface area contributed by atoms with Gasteiger partial charge < -0.3 is 9.47 Å². The van der Waals surface area contributed by atoms with Crippen molar-refractivity contribution in [2.45, 2.75) is 116 Å². The maximum Gasteiger partial charge on any atom is 0.309 e. The molecule has 3 aliphatic carbocycles. The first-order valence-electron chi connectivity index (χ1n) is 12.1. The monoisotopic (exact) mass is 406 g/mol. The van der Waals surface area contributed by atoms with Crippen LogP contribution in [0, 0.1) is 23.7 Å². The third-order valence-corrected chi connectivity index (χ3v) is 7.63. The molecule has 0 saturated heterocycles. The van der Waals surface area contributed by atoms with E-state index in [1.807, 2.05) is 0 Å². The van der Waals surface area contributed by atoms with Gasteiger partial charge in [0.2, 0.25) is 0 Å². The summed E-state index contributed by atoms with van der Waals surface area (Å²) < 4.78 is 11.5. The zero-order chi connectivity index (χ0) is 20.8. The topological polar surface area (TPSA) is 60.2 Å². The van der Waals surface area contributed by atoms with E-state index in [9.17, 15) is 4.79 Å². The lowest BCUT2D eigenvalue weighted by Crippen LogP contribution is -2.38. The largest absolute Gasteiger partial charge is 0.462 e. The van der Waals surface area contributed by atoms with Gasteiger partial charge in [0.25, 0.3) is 0 Å². The van der Waals surface area contributed by atoms with E-state index in [2.05, 4.69) is 31.0 Å². The smallest absolute Gasteiger partial charge is 0.309 e. The molecular weight excluding hydrogens is 364 g/mol. The van der Waals surface area contributed by atoms with Crippen molar-refractivity contribution >= 4 is 5.97 Å². The second kappa shape index (κ2) is 10.9. The molecular formula is C24H42N2O3. The summed E-state index contributed by atoms with van der Waals surface area (Å²) >= 11 is 0. The number of carbonyl (C=O) groups excluding carboxylic acids is 1. The van der Waals surface area contributed by atoms with Crippen LogP contribution in [0.2, 0.25) is 0 Å². The fraction of sp³-hybridized carbons (Fsp3) is 0.958. The van der Waals surface area contributed by atoms with E-state index in [-0.39, 0.29) is 24.0 Å². The van der Waals surface area contributed by atoms with Gasteiger partial charge in [-0.05, 0) is 82.0 Å². The summed E-state index contributed by atoms with van der Waals surface area (Å²) in [5.41, 5.74) is 0. The number of rotatable bonds is 6. The SMILES string of the molecule is COC1CCC(N=NC2CCC(C(=O)O[C@@H]3C[C@H](C)CC[C@H]3C(C)C)CC2)CC1. The molecule has 0 unspecified atom stereocenters. The number of azo groups is 1. The molecule has 0 N–H and O–H groups in total. The lowest BCUT2D eigenvalue weighted by Gasteiger charge is -2.37. The van der Waals surface area contributed by atoms with Crippen LogP contribution in [0.15, 0.2) is 10.2 Å². The third kappa shape index (κ3) is 6.50. The zero-order valence-electron chi connectivity index (χ0n) is 19.0. The molecule has 0 bridgehead atoms. The first-order valence-corrected chi connectivity index (χ1v) is 12.1. The van der Waals surface area contributed by atoms with Gasteiger partial charge in [0.1, 0.15) is 6.10 Å². The predicted octanol–water partition coefficient (Wildman–Crippen LogP) is 5.96. The lowest BCUT2D eigenvalue weighted by atomic mass is 9.75. The van der Waals surface area contributed by atoms with Crippen LogP contribution in [0.25, 0.3) is 0 Å². The number of methoxy groups -OCH3 is 1. The van der Waals surface area contributed by atoms with E-state index >= 15 is 0 Å². The van der Waals surface area contributed by atoms with Crippen molar-refractivity contribution in [2.24, 2.45) is 33.9 Å². The molecule has 5 heteroatoms. The molecule has 3 aliphatic rings. The number of esters is 1. The highest BCUT2D eigenvalue weighted by atomic mass is 16.5. The highest BCUT2D eigenvalue weighted by Gasteiger charge is 2.36. The zero-order valence-corrected chi connectivity index (χ0v) is 19.0. The quantitative estimate of drug-likeness (QED) is 0.404. The molecule has 166 valence electrons. The molecule has 0 aromatic heterocycles. The Morgan fingerprint density at radius 3 is 2.00 bits per heavy atom. The van der Waals surface area contributed by atoms with Crippen molar-refractivity contribution < 1.29 is 14.3 Å². The summed E-state index contributed by atoms with van der Waals surface area (Å²) in [7, 11) is 1.80. The number of nitrogens with zero attached hydrogens (tertiary/aromatic N) is 2. The Morgan fingerprint density at radius 1 is 0.862 bits per heavy atom. The third-order valence-electron chi connectivity index (χ3n) is 7.63. The molecule has 0 radical (unpaired) electrons. The molecule has 3 atom stereocenters. The van der Waals surface area contributed by atoms with Crippen molar-refractivity contribution in [3.05, 3.63) is 0 Å². The summed E-state index contributed by atoms with van der Waals surface area (Å²) in [4.78, 5) is 12.8. The minimum atomic E-state index is 0.0445. The Kier molecular flexibility index (Phi) is 8.52. The van der Waals surface area contributed by atoms with Gasteiger partial charge >= 0.3 is 5.97 Å². The van der Waals surface area contributed by atoms with Crippen LogP contribution >= 0.6 is 0 Å². The van der Waals surface area contributed by atoms with E-state index in [0.29, 0.717) is 29.9 Å². The van der Waals surface area contributed by atoms with Gasteiger partial charge in [-0.3, -0.25) is 4.79 Å². The Hall–Kier alpha value is -0.970. The van der Waals surface area contributed by atoms with E-state index in [1.54, 1.807) is 7.11 Å². The van der Waals surface area contributed by atoms with Crippen LogP contribution in [-0.4, -0.2) is 37.4 Å². The van der Waals surface area contributed by atoms with Crippen LogP contribution in [0.1, 0.15) is 91.4 Å². The molecule has 29 heavy (non-hydrogen) atoms. The minimum Gasteiger partial charge on any atom is -0.462 e. The van der Waals surface area contributed by atoms with Crippen LogP contribution in [-0.2, 0) is 14.3 Å². The fourth-order valence-corrected chi connectivity index (χ4v) is 5.51. The first kappa shape index (κ1) is 22.7. The summed E-state index contributed by atoms with van der Waals surface area (Å²) in [6, 6.07) is 0.655. The Labute approximate surface area is 177 Å². The van der Waals surface area contributed by atoms with Gasteiger partial charge in [-0.25, -0.2) is 0 Å². The summed E-state index contributed by atoms with van der Waals surface area (Å²) in [5.74, 6) is 1.87. The van der Waals surface area contributed by atoms with Crippen molar-refractivity contribution in [3.63, 3.8) is 0 Å². The molecule has 3 saturated carbocycles. The van der Waals surface area contributed by atoms with E-state index in [1.165, 1.54) is 12.8 Å². The normalized spacial score (nSPS) is 39.0. The first-order chi connectivity index (χ1) is 14.0. The van der Waals surface area contributed by atoms with Crippen molar-refractivity contribution in [1.29, 1.82) is 0 Å². The Bertz CT molecular complexity index is 534. The number of carbonyl (C=O) groups is 1. The number of hydrogen-bond acceptors (Lipinski definition) is 5. The second-order valence-corrected chi connectivity index (χ2v) is 10.2. The maximum absolute atomic E-state index is 12.8. The van der Waals surface area contributed by atoms with Crippen molar-refractivity contribution in [3.8, 4) is 0 Å². The Balaban J connectivity index is 1.41. The van der Waals surface area contributed by atoms with Gasteiger partial charge in [-0.2, -0.15) is 10.2 Å². The lowest BCUT2D eigenvalue weighted by molar-refractivity contribution is -0.162. The number of hydrogen-bond donors (Lipinski definition) is 0. The molecule has 0 spiro atoms. The molecule has 0 heterocycles. The van der Waals surface area contributed by atoms with E-state index in [0.717, 1.165) is 57.8 Å². The second-order valence-electron chi connectivity index (χ2n) is 10.2. The highest BCUT2D eigenvalue weighted by Crippen LogP contribution is 2.37. The summed E-state index contributed by atoms with van der Waals surface area (Å²) in [6.45, 7) is 6.81. The van der Waals surface area contributed by atoms with E-state index < -0.39 is 0 Å². The van der Waals surface area contributed by atoms with Crippen molar-refractivity contribution in [2.75, 3.05) is 7.11 Å². The van der Waals surface area contributed by atoms with E-state index in [4.69, 9.17) is 9.47 Å². The van der Waals surface area contributed by atoms with Gasteiger partial charge in [0, 0.05) is 7.11 Å². The average Bonchev–Trinajstić information content (AvgIpc) is 2.72. The molecule has 0 amide bonds. The highest BCUT2D eigenvalue weighted by molar-refractivity contribution is 5.72. The van der Waals surface area contributed by atoms with Crippen LogP contribution in [0.3, 0.4) is 0 Å². The minimum absolute atomic E-state index is 0.0445. The molecule has 5 nitrogen and oxygen atoms in total. The van der Waals surface area contributed by atoms with Crippen LogP contribution in [0.4, 0.5) is 0 Å². The average molecular weight is 407 g/mol. The molecule has 0 aromatic carbocycles. The maximum atomic E-state index is 12.8. The van der Waals surface area contributed by atoms with Gasteiger partial charge in [0.05, 0.1) is 24.1 Å². The summed E-state index contributed by atoms with van der Waals surface area (Å²) in [6.07, 6.45) is 12.1. The number of ether oxygens (including phenoxy) is 2. The standard InChI is InChI=1S/C24H42N2O3/c1-16(2)22-14-5-17(3)15-23(22)29-24(27)18-6-8-19(9-7-18)25-26-20-10-12-21(28-4)13-11-20/h16-23H,5-15H2,1-4H3/t17-,18?,19?,20?,21?,22+,23-/m1/s1. The van der Waals surface area contributed by atoms with Gasteiger partial charge in [0.15, 0.2) is 0 Å². The van der Waals surface area contributed by atoms with Crippen LogP contribution in [0.5, 0.6) is 0 Å². The Morgan fingerprint density at radius 2 is 1.45 bits per heavy atom. The van der Waals surface area contributed by atoms with Crippen LogP contribution < -0.4 is 0 Å². The van der Waals surface area contributed by atoms with Crippen molar-refractivity contribution in [1.82, 2.24) is 0 Å². The van der Waals surface area contributed by atoms with Gasteiger partial charge in [-0.15, -0.1) is 0 Å². The predicted molar refractivity (Wildman–Crippen MR) is 115 cm³/mol. The molecule has 3 fully saturated rings. The summed E-state index contributed by atoms with van der Waals surface area (Å²) in [5, 5.41) is 9.27. The van der Waals surface area contributed by atoms with Gasteiger partial charge in [-0.1, -0.05) is 27.2 Å². The fourth-order valence-electron chi connectivity index (χ4n) is 5.51.